The molecule has 1 aromatic rings. The van der Waals surface area contributed by atoms with Crippen molar-refractivity contribution in [3.63, 3.8) is 0 Å². The van der Waals surface area contributed by atoms with Crippen LogP contribution in [0.2, 0.25) is 0 Å². The molecule has 4 nitrogen and oxygen atoms in total. The van der Waals surface area contributed by atoms with E-state index in [-0.39, 0.29) is 5.24 Å². The highest BCUT2D eigenvalue weighted by Crippen LogP contribution is 2.26. The molecule has 6 heteroatoms. The van der Waals surface area contributed by atoms with Crippen LogP contribution in [-0.2, 0) is 4.74 Å². The summed E-state index contributed by atoms with van der Waals surface area (Å²) in [5.41, 5.74) is 0.416. The number of carbonyl (C=O) groups excluding carboxylic acids is 2. The summed E-state index contributed by atoms with van der Waals surface area (Å²) in [6, 6.07) is 5.30. The number of nitrogens with zero attached hydrogens (tertiary/aromatic N) is 1. The van der Waals surface area contributed by atoms with Crippen molar-refractivity contribution in [1.29, 1.82) is 0 Å². The number of carbonyl (C=O) groups is 2. The van der Waals surface area contributed by atoms with E-state index >= 15 is 0 Å². The molecule has 0 aliphatic rings. The van der Waals surface area contributed by atoms with Gasteiger partial charge in [-0.2, -0.15) is 0 Å². The molecule has 0 aromatic heterocycles. The number of rotatable bonds is 2. The van der Waals surface area contributed by atoms with Crippen molar-refractivity contribution >= 4 is 45.6 Å². The first-order chi connectivity index (χ1) is 7.95. The van der Waals surface area contributed by atoms with Crippen molar-refractivity contribution in [2.24, 2.45) is 0 Å². The second-order valence-electron chi connectivity index (χ2n) is 3.39. The molecule has 1 rings (SSSR count). The van der Waals surface area contributed by atoms with Crippen LogP contribution >= 0.6 is 34.4 Å². The van der Waals surface area contributed by atoms with Gasteiger partial charge in [0.05, 0.1) is 12.7 Å². The summed E-state index contributed by atoms with van der Waals surface area (Å²) in [7, 11) is 4.66. The van der Waals surface area contributed by atoms with E-state index in [1.165, 1.54) is 12.0 Å². The van der Waals surface area contributed by atoms with Gasteiger partial charge in [0.1, 0.15) is 0 Å². The molecule has 92 valence electrons. The Labute approximate surface area is 118 Å². The summed E-state index contributed by atoms with van der Waals surface area (Å²) in [5.74, 6) is -0.433. The molecule has 0 saturated carbocycles. The minimum atomic E-state index is -0.433. The Morgan fingerprint density at radius 3 is 2.53 bits per heavy atom. The molecule has 0 N–H and O–H groups in total. The molecule has 0 bridgehead atoms. The van der Waals surface area contributed by atoms with Gasteiger partial charge in [0.25, 0.3) is 5.24 Å². The summed E-state index contributed by atoms with van der Waals surface area (Å²) >= 11 is 3.12. The minimum Gasteiger partial charge on any atom is -0.465 e. The van der Waals surface area contributed by atoms with Crippen LogP contribution in [0.25, 0.3) is 0 Å². The standard InChI is InChI=1S/C11H12INO3S/c1-13(2)11(15)17-9-5-4-7(12)6-8(9)10(14)16-3/h4-6H,1-3H3. The van der Waals surface area contributed by atoms with Gasteiger partial charge < -0.3 is 9.64 Å². The van der Waals surface area contributed by atoms with Crippen LogP contribution in [0, 0.1) is 3.57 Å². The molecular weight excluding hydrogens is 353 g/mol. The van der Waals surface area contributed by atoms with E-state index in [2.05, 4.69) is 22.6 Å². The molecule has 0 aliphatic carbocycles. The first kappa shape index (κ1) is 14.3. The van der Waals surface area contributed by atoms with E-state index in [9.17, 15) is 9.59 Å². The number of hydrogen-bond donors (Lipinski definition) is 0. The Hall–Kier alpha value is -0.760. The van der Waals surface area contributed by atoms with Crippen molar-refractivity contribution in [1.82, 2.24) is 4.90 Å². The maximum absolute atomic E-state index is 11.6. The van der Waals surface area contributed by atoms with Crippen molar-refractivity contribution < 1.29 is 14.3 Å². The SMILES string of the molecule is COC(=O)c1cc(I)ccc1SC(=O)N(C)C. The van der Waals surface area contributed by atoms with Crippen LogP contribution in [-0.4, -0.2) is 37.3 Å². The number of benzene rings is 1. The number of methoxy groups -OCH3 is 1. The Morgan fingerprint density at radius 2 is 2.00 bits per heavy atom. The van der Waals surface area contributed by atoms with Gasteiger partial charge in [-0.25, -0.2) is 4.79 Å². The van der Waals surface area contributed by atoms with E-state index in [1.807, 2.05) is 6.07 Å². The highest BCUT2D eigenvalue weighted by Gasteiger charge is 2.16. The lowest BCUT2D eigenvalue weighted by Crippen LogP contribution is -2.16. The zero-order valence-electron chi connectivity index (χ0n) is 9.69. The minimum absolute atomic E-state index is 0.128. The quantitative estimate of drug-likeness (QED) is 0.460. The van der Waals surface area contributed by atoms with Gasteiger partial charge in [-0.05, 0) is 52.6 Å². The maximum Gasteiger partial charge on any atom is 0.339 e. The van der Waals surface area contributed by atoms with Gasteiger partial charge in [-0.3, -0.25) is 4.79 Å². The van der Waals surface area contributed by atoms with Crippen molar-refractivity contribution in [2.45, 2.75) is 4.90 Å². The summed E-state index contributed by atoms with van der Waals surface area (Å²) in [5, 5.41) is -0.128. The van der Waals surface area contributed by atoms with Crippen LogP contribution in [0.4, 0.5) is 4.79 Å². The zero-order chi connectivity index (χ0) is 13.0. The van der Waals surface area contributed by atoms with Gasteiger partial charge in [0.2, 0.25) is 0 Å². The Balaban J connectivity index is 3.06. The second kappa shape index (κ2) is 6.25. The third kappa shape index (κ3) is 3.88. The Bertz CT molecular complexity index is 448. The van der Waals surface area contributed by atoms with Gasteiger partial charge in [0, 0.05) is 22.6 Å². The average Bonchev–Trinajstić information content (AvgIpc) is 2.30. The van der Waals surface area contributed by atoms with Gasteiger partial charge in [0.15, 0.2) is 0 Å². The summed E-state index contributed by atoms with van der Waals surface area (Å²) < 4.78 is 5.61. The van der Waals surface area contributed by atoms with Crippen LogP contribution in [0.3, 0.4) is 0 Å². The molecule has 1 amide bonds. The lowest BCUT2D eigenvalue weighted by Gasteiger charge is -2.11. The van der Waals surface area contributed by atoms with E-state index in [4.69, 9.17) is 4.74 Å². The monoisotopic (exact) mass is 365 g/mol. The number of esters is 1. The fraction of sp³-hybridized carbons (Fsp3) is 0.273. The highest BCUT2D eigenvalue weighted by molar-refractivity contribution is 14.1. The topological polar surface area (TPSA) is 46.6 Å². The van der Waals surface area contributed by atoms with Crippen molar-refractivity contribution in [3.8, 4) is 0 Å². The van der Waals surface area contributed by atoms with Crippen LogP contribution in [0.5, 0.6) is 0 Å². The summed E-state index contributed by atoms with van der Waals surface area (Å²) in [6.45, 7) is 0. The molecule has 1 aromatic carbocycles. The van der Waals surface area contributed by atoms with Crippen LogP contribution < -0.4 is 0 Å². The van der Waals surface area contributed by atoms with Crippen molar-refractivity contribution in [3.05, 3.63) is 27.3 Å². The van der Waals surface area contributed by atoms with Gasteiger partial charge >= 0.3 is 5.97 Å². The molecule has 0 fully saturated rings. The van der Waals surface area contributed by atoms with Gasteiger partial charge in [-0.1, -0.05) is 0 Å². The third-order valence-corrected chi connectivity index (χ3v) is 3.70. The fourth-order valence-electron chi connectivity index (χ4n) is 1.05. The third-order valence-electron chi connectivity index (χ3n) is 1.91. The van der Waals surface area contributed by atoms with E-state index < -0.39 is 5.97 Å². The smallest absolute Gasteiger partial charge is 0.339 e. The molecule has 0 saturated heterocycles. The molecule has 17 heavy (non-hydrogen) atoms. The number of amides is 1. The predicted molar refractivity (Wildman–Crippen MR) is 75.4 cm³/mol. The van der Waals surface area contributed by atoms with E-state index in [0.717, 1.165) is 15.3 Å². The number of thioether (sulfide) groups is 1. The molecule has 0 unspecified atom stereocenters. The molecule has 0 heterocycles. The van der Waals surface area contributed by atoms with Crippen LogP contribution in [0.15, 0.2) is 23.1 Å². The highest BCUT2D eigenvalue weighted by atomic mass is 127. The lowest BCUT2D eigenvalue weighted by atomic mass is 10.2. The Kier molecular flexibility index (Phi) is 5.26. The number of hydrogen-bond acceptors (Lipinski definition) is 4. The van der Waals surface area contributed by atoms with Crippen molar-refractivity contribution in [2.75, 3.05) is 21.2 Å². The number of halogens is 1. The second-order valence-corrected chi connectivity index (χ2v) is 5.63. The first-order valence-electron chi connectivity index (χ1n) is 4.72. The fourth-order valence-corrected chi connectivity index (χ4v) is 2.30. The van der Waals surface area contributed by atoms with E-state index in [0.29, 0.717) is 10.5 Å². The van der Waals surface area contributed by atoms with E-state index in [1.54, 1.807) is 26.2 Å². The van der Waals surface area contributed by atoms with Crippen LogP contribution in [0.1, 0.15) is 10.4 Å². The molecule has 0 spiro atoms. The largest absolute Gasteiger partial charge is 0.465 e. The molecule has 0 atom stereocenters. The maximum atomic E-state index is 11.6. The zero-order valence-corrected chi connectivity index (χ0v) is 12.7. The molecule has 0 radical (unpaired) electrons. The van der Waals surface area contributed by atoms with Gasteiger partial charge in [-0.15, -0.1) is 0 Å². The lowest BCUT2D eigenvalue weighted by molar-refractivity contribution is 0.0596. The summed E-state index contributed by atoms with van der Waals surface area (Å²) in [6.07, 6.45) is 0. The Morgan fingerprint density at radius 1 is 1.35 bits per heavy atom. The number of ether oxygens (including phenoxy) is 1. The molecular formula is C11H12INO3S. The normalized spacial score (nSPS) is 9.88. The first-order valence-corrected chi connectivity index (χ1v) is 6.62. The molecule has 0 aliphatic heterocycles. The average molecular weight is 365 g/mol. The summed E-state index contributed by atoms with van der Waals surface area (Å²) in [4.78, 5) is 25.2. The predicted octanol–water partition coefficient (Wildman–Crippen LogP) is 2.85.